The first-order valence-electron chi connectivity index (χ1n) is 9.24. The molecule has 0 radical (unpaired) electrons. The molecule has 1 unspecified atom stereocenters. The van der Waals surface area contributed by atoms with Crippen molar-refractivity contribution >= 4 is 29.0 Å². The minimum absolute atomic E-state index is 0.0310. The summed E-state index contributed by atoms with van der Waals surface area (Å²) in [6.45, 7) is 8.17. The third-order valence-corrected chi connectivity index (χ3v) is 5.06. The number of aryl methyl sites for hydroxylation is 2. The van der Waals surface area contributed by atoms with Crippen molar-refractivity contribution in [2.24, 2.45) is 0 Å². The van der Waals surface area contributed by atoms with Gasteiger partial charge in [-0.15, -0.1) is 0 Å². The molecule has 0 aromatic heterocycles. The average molecular weight is 399 g/mol. The number of methoxy groups -OCH3 is 1. The number of thiocarbonyl (C=S) groups is 1. The summed E-state index contributed by atoms with van der Waals surface area (Å²) >= 11 is 5.56. The van der Waals surface area contributed by atoms with Crippen molar-refractivity contribution in [2.45, 2.75) is 45.8 Å². The van der Waals surface area contributed by atoms with E-state index in [1.54, 1.807) is 12.1 Å². The highest BCUT2D eigenvalue weighted by Crippen LogP contribution is 2.39. The molecule has 0 bridgehead atoms. The topological polar surface area (TPSA) is 59.6 Å². The van der Waals surface area contributed by atoms with Gasteiger partial charge in [-0.25, -0.2) is 4.79 Å². The number of carbonyl (C=O) groups is 1. The second-order valence-corrected chi connectivity index (χ2v) is 8.19. The van der Waals surface area contributed by atoms with E-state index in [1.165, 1.54) is 7.11 Å². The van der Waals surface area contributed by atoms with Crippen LogP contribution in [0.5, 0.6) is 5.75 Å². The van der Waals surface area contributed by atoms with E-state index in [9.17, 15) is 4.79 Å². The molecule has 1 aliphatic heterocycles. The summed E-state index contributed by atoms with van der Waals surface area (Å²) in [5.74, 6) is 0.512. The van der Waals surface area contributed by atoms with Gasteiger partial charge in [-0.2, -0.15) is 0 Å². The number of benzene rings is 2. The summed E-state index contributed by atoms with van der Waals surface area (Å²) in [6, 6.07) is 11.6. The molecule has 0 fully saturated rings. The van der Waals surface area contributed by atoms with Gasteiger partial charge >= 0.3 is 5.97 Å². The number of esters is 1. The predicted molar refractivity (Wildman–Crippen MR) is 115 cm³/mol. The van der Waals surface area contributed by atoms with Gasteiger partial charge < -0.3 is 20.1 Å². The molecule has 148 valence electrons. The zero-order valence-electron chi connectivity index (χ0n) is 16.9. The molecule has 2 aromatic carbocycles. The van der Waals surface area contributed by atoms with Crippen LogP contribution in [0.25, 0.3) is 0 Å². The van der Waals surface area contributed by atoms with E-state index >= 15 is 0 Å². The van der Waals surface area contributed by atoms with Crippen molar-refractivity contribution in [3.05, 3.63) is 58.7 Å². The first-order chi connectivity index (χ1) is 13.2. The highest BCUT2D eigenvalue weighted by atomic mass is 32.1. The van der Waals surface area contributed by atoms with E-state index in [-0.39, 0.29) is 17.6 Å². The molecular weight excluding hydrogens is 372 g/mol. The SMILES string of the molecule is COC(=O)c1ccc(C)c(NC(=S)NC2CC(C)(C)Oc3cc(C)ccc32)c1. The molecule has 0 amide bonds. The van der Waals surface area contributed by atoms with Crippen molar-refractivity contribution in [1.82, 2.24) is 5.32 Å². The second-order valence-electron chi connectivity index (χ2n) is 7.78. The van der Waals surface area contributed by atoms with Gasteiger partial charge in [0.05, 0.1) is 18.7 Å². The van der Waals surface area contributed by atoms with Crippen molar-refractivity contribution in [3.63, 3.8) is 0 Å². The third-order valence-electron chi connectivity index (χ3n) is 4.84. The summed E-state index contributed by atoms with van der Waals surface area (Å²) in [6.07, 6.45) is 0.784. The molecule has 28 heavy (non-hydrogen) atoms. The zero-order chi connectivity index (χ0) is 20.5. The summed E-state index contributed by atoms with van der Waals surface area (Å²) in [7, 11) is 1.37. The lowest BCUT2D eigenvalue weighted by molar-refractivity contribution is 0.0600. The molecule has 0 spiro atoms. The van der Waals surface area contributed by atoms with Crippen LogP contribution in [0.1, 0.15) is 53.4 Å². The lowest BCUT2D eigenvalue weighted by Gasteiger charge is -2.38. The Labute approximate surface area is 171 Å². The predicted octanol–water partition coefficient (Wildman–Crippen LogP) is 4.68. The van der Waals surface area contributed by atoms with E-state index in [1.807, 2.05) is 13.0 Å². The van der Waals surface area contributed by atoms with Gasteiger partial charge in [0.1, 0.15) is 11.4 Å². The highest BCUT2D eigenvalue weighted by molar-refractivity contribution is 7.80. The molecule has 6 heteroatoms. The van der Waals surface area contributed by atoms with Gasteiger partial charge in [0.25, 0.3) is 0 Å². The molecule has 1 heterocycles. The van der Waals surface area contributed by atoms with Crippen LogP contribution >= 0.6 is 12.2 Å². The largest absolute Gasteiger partial charge is 0.487 e. The fraction of sp³-hybridized carbons (Fsp3) is 0.364. The van der Waals surface area contributed by atoms with Gasteiger partial charge in [-0.1, -0.05) is 18.2 Å². The monoisotopic (exact) mass is 398 g/mol. The van der Waals surface area contributed by atoms with Crippen LogP contribution in [0.3, 0.4) is 0 Å². The van der Waals surface area contributed by atoms with Crippen LogP contribution in [-0.2, 0) is 4.74 Å². The number of nitrogens with one attached hydrogen (secondary N) is 2. The molecule has 0 saturated heterocycles. The molecule has 2 aromatic rings. The number of hydrogen-bond donors (Lipinski definition) is 2. The molecular formula is C22H26N2O3S. The fourth-order valence-electron chi connectivity index (χ4n) is 3.41. The van der Waals surface area contributed by atoms with E-state index in [2.05, 4.69) is 49.6 Å². The van der Waals surface area contributed by atoms with E-state index in [0.29, 0.717) is 10.7 Å². The Morgan fingerprint density at radius 2 is 1.96 bits per heavy atom. The van der Waals surface area contributed by atoms with Crippen LogP contribution < -0.4 is 15.4 Å². The number of anilines is 1. The Morgan fingerprint density at radius 1 is 1.21 bits per heavy atom. The van der Waals surface area contributed by atoms with Crippen LogP contribution in [0.15, 0.2) is 36.4 Å². The van der Waals surface area contributed by atoms with Crippen LogP contribution in [0.2, 0.25) is 0 Å². The molecule has 5 nitrogen and oxygen atoms in total. The summed E-state index contributed by atoms with van der Waals surface area (Å²) < 4.78 is 10.9. The maximum absolute atomic E-state index is 11.8. The number of ether oxygens (including phenoxy) is 2. The normalized spacial score (nSPS) is 17.1. The maximum atomic E-state index is 11.8. The van der Waals surface area contributed by atoms with Crippen molar-refractivity contribution in [3.8, 4) is 5.75 Å². The molecule has 0 saturated carbocycles. The van der Waals surface area contributed by atoms with E-state index in [4.69, 9.17) is 21.7 Å². The average Bonchev–Trinajstić information content (AvgIpc) is 2.61. The maximum Gasteiger partial charge on any atom is 0.337 e. The van der Waals surface area contributed by atoms with Crippen LogP contribution in [-0.4, -0.2) is 23.8 Å². The van der Waals surface area contributed by atoms with Gasteiger partial charge in [-0.05, 0) is 69.2 Å². The zero-order valence-corrected chi connectivity index (χ0v) is 17.7. The Hall–Kier alpha value is -2.60. The Balaban J connectivity index is 1.79. The number of rotatable bonds is 3. The lowest BCUT2D eigenvalue weighted by Crippen LogP contribution is -2.42. The number of hydrogen-bond acceptors (Lipinski definition) is 4. The molecule has 3 rings (SSSR count). The van der Waals surface area contributed by atoms with Gasteiger partial charge in [0, 0.05) is 17.7 Å². The minimum Gasteiger partial charge on any atom is -0.487 e. The Morgan fingerprint density at radius 3 is 2.68 bits per heavy atom. The van der Waals surface area contributed by atoms with Crippen molar-refractivity contribution < 1.29 is 14.3 Å². The quantitative estimate of drug-likeness (QED) is 0.578. The van der Waals surface area contributed by atoms with Crippen molar-refractivity contribution in [2.75, 3.05) is 12.4 Å². The first kappa shape index (κ1) is 20.1. The molecule has 1 aliphatic rings. The lowest BCUT2D eigenvalue weighted by atomic mass is 9.89. The summed E-state index contributed by atoms with van der Waals surface area (Å²) in [4.78, 5) is 11.8. The second kappa shape index (κ2) is 7.80. The van der Waals surface area contributed by atoms with E-state index in [0.717, 1.165) is 34.5 Å². The van der Waals surface area contributed by atoms with Crippen LogP contribution in [0.4, 0.5) is 5.69 Å². The molecule has 1 atom stereocenters. The van der Waals surface area contributed by atoms with Gasteiger partial charge in [0.2, 0.25) is 0 Å². The smallest absolute Gasteiger partial charge is 0.337 e. The molecule has 0 aliphatic carbocycles. The van der Waals surface area contributed by atoms with Gasteiger partial charge in [0.15, 0.2) is 5.11 Å². The number of carbonyl (C=O) groups excluding carboxylic acids is 1. The third kappa shape index (κ3) is 4.44. The minimum atomic E-state index is -0.377. The van der Waals surface area contributed by atoms with Crippen LogP contribution in [0, 0.1) is 13.8 Å². The molecule has 2 N–H and O–H groups in total. The number of fused-ring (bicyclic) bond motifs is 1. The van der Waals surface area contributed by atoms with Gasteiger partial charge in [-0.3, -0.25) is 0 Å². The Kier molecular flexibility index (Phi) is 5.61. The Bertz CT molecular complexity index is 924. The summed E-state index contributed by atoms with van der Waals surface area (Å²) in [5.41, 5.74) is 4.19. The highest BCUT2D eigenvalue weighted by Gasteiger charge is 2.34. The standard InChI is InChI=1S/C22H26N2O3S/c1-13-6-9-16-18(12-22(3,4)27-19(16)10-13)24-21(28)23-17-11-15(20(25)26-5)8-7-14(17)2/h6-11,18H,12H2,1-5H3,(H2,23,24,28). The fourth-order valence-corrected chi connectivity index (χ4v) is 3.66. The summed E-state index contributed by atoms with van der Waals surface area (Å²) in [5, 5.41) is 7.13. The van der Waals surface area contributed by atoms with Crippen molar-refractivity contribution in [1.29, 1.82) is 0 Å². The first-order valence-corrected chi connectivity index (χ1v) is 9.65. The van der Waals surface area contributed by atoms with E-state index < -0.39 is 0 Å².